The summed E-state index contributed by atoms with van der Waals surface area (Å²) in [6.45, 7) is 0. The van der Waals surface area contributed by atoms with Gasteiger partial charge in [-0.1, -0.05) is 0 Å². The number of ketones is 1. The summed E-state index contributed by atoms with van der Waals surface area (Å²) >= 11 is 1.54. The molecule has 0 aliphatic carbocycles. The summed E-state index contributed by atoms with van der Waals surface area (Å²) in [4.78, 5) is 19.3. The molecular weight excluding hydrogens is 306 g/mol. The molecule has 0 aliphatic rings. The summed E-state index contributed by atoms with van der Waals surface area (Å²) in [6, 6.07) is 11.6. The molecule has 1 aromatic carbocycles. The van der Waals surface area contributed by atoms with Crippen LogP contribution in [0, 0.1) is 0 Å². The van der Waals surface area contributed by atoms with Gasteiger partial charge in [-0.3, -0.25) is 4.79 Å². The molecule has 0 saturated carbocycles. The molecular formula is C18H19N3OS. The third kappa shape index (κ3) is 2.97. The summed E-state index contributed by atoms with van der Waals surface area (Å²) < 4.78 is 2.05. The minimum absolute atomic E-state index is 0.0246. The summed E-state index contributed by atoms with van der Waals surface area (Å²) in [6.07, 6.45) is 3.97. The highest BCUT2D eigenvalue weighted by Gasteiger charge is 2.14. The lowest BCUT2D eigenvalue weighted by molar-refractivity contribution is 0.103. The number of hydrogen-bond donors (Lipinski definition) is 0. The summed E-state index contributed by atoms with van der Waals surface area (Å²) in [5.74, 6) is 0.817. The van der Waals surface area contributed by atoms with Crippen molar-refractivity contribution in [2.45, 2.75) is 5.03 Å². The van der Waals surface area contributed by atoms with Crippen LogP contribution in [-0.4, -0.2) is 35.7 Å². The number of carbonyl (C=O) groups excluding carboxylic acids is 1. The summed E-state index contributed by atoms with van der Waals surface area (Å²) in [5, 5.41) is 1.92. The highest BCUT2D eigenvalue weighted by molar-refractivity contribution is 7.98. The molecule has 3 aromatic rings. The van der Waals surface area contributed by atoms with Crippen LogP contribution >= 0.6 is 11.8 Å². The van der Waals surface area contributed by atoms with E-state index in [1.54, 1.807) is 0 Å². The quantitative estimate of drug-likeness (QED) is 0.543. The number of aromatic nitrogens is 2. The van der Waals surface area contributed by atoms with Crippen molar-refractivity contribution in [3.8, 4) is 0 Å². The molecule has 0 radical (unpaired) electrons. The van der Waals surface area contributed by atoms with Crippen molar-refractivity contribution in [2.75, 3.05) is 25.3 Å². The van der Waals surface area contributed by atoms with Crippen LogP contribution in [0.2, 0.25) is 0 Å². The molecule has 0 fully saturated rings. The first-order valence-corrected chi connectivity index (χ1v) is 8.55. The number of nitrogens with zero attached hydrogens (tertiary/aromatic N) is 3. The van der Waals surface area contributed by atoms with Crippen molar-refractivity contribution in [1.82, 2.24) is 9.55 Å². The fourth-order valence-corrected chi connectivity index (χ4v) is 2.98. The standard InChI is InChI=1S/C18H19N3OS/c1-20(2)16-10-14(11-17(19-16)23-4)18(22)13-5-6-15-12(9-13)7-8-21(15)3/h5-11H,1-4H3. The Morgan fingerprint density at radius 2 is 1.91 bits per heavy atom. The molecule has 0 unspecified atom stereocenters. The van der Waals surface area contributed by atoms with Crippen LogP contribution in [0.15, 0.2) is 47.6 Å². The Morgan fingerprint density at radius 3 is 2.61 bits per heavy atom. The molecule has 5 heteroatoms. The Kier molecular flexibility index (Phi) is 4.13. The Bertz CT molecular complexity index is 883. The number of rotatable bonds is 4. The van der Waals surface area contributed by atoms with Gasteiger partial charge < -0.3 is 9.47 Å². The fourth-order valence-electron chi connectivity index (χ4n) is 2.55. The molecule has 0 spiro atoms. The van der Waals surface area contributed by atoms with E-state index in [2.05, 4.69) is 4.98 Å². The van der Waals surface area contributed by atoms with Gasteiger partial charge in [0.05, 0.1) is 5.03 Å². The van der Waals surface area contributed by atoms with Gasteiger partial charge in [0.2, 0.25) is 0 Å². The maximum absolute atomic E-state index is 12.9. The van der Waals surface area contributed by atoms with Crippen LogP contribution in [0.5, 0.6) is 0 Å². The van der Waals surface area contributed by atoms with Crippen molar-refractivity contribution < 1.29 is 4.79 Å². The molecule has 0 saturated heterocycles. The fraction of sp³-hybridized carbons (Fsp3) is 0.222. The van der Waals surface area contributed by atoms with Crippen LogP contribution in [0.1, 0.15) is 15.9 Å². The zero-order chi connectivity index (χ0) is 16.6. The van der Waals surface area contributed by atoms with E-state index >= 15 is 0 Å². The van der Waals surface area contributed by atoms with E-state index in [9.17, 15) is 4.79 Å². The summed E-state index contributed by atoms with van der Waals surface area (Å²) in [7, 11) is 5.86. The number of thioether (sulfide) groups is 1. The van der Waals surface area contributed by atoms with Gasteiger partial charge in [0.1, 0.15) is 5.82 Å². The van der Waals surface area contributed by atoms with Gasteiger partial charge in [-0.25, -0.2) is 4.98 Å². The van der Waals surface area contributed by atoms with Gasteiger partial charge in [-0.2, -0.15) is 0 Å². The molecule has 4 nitrogen and oxygen atoms in total. The normalized spacial score (nSPS) is 11.0. The minimum atomic E-state index is 0.0246. The Balaban J connectivity index is 2.05. The van der Waals surface area contributed by atoms with Crippen molar-refractivity contribution in [3.63, 3.8) is 0 Å². The van der Waals surface area contributed by atoms with Gasteiger partial charge in [-0.15, -0.1) is 11.8 Å². The zero-order valence-corrected chi connectivity index (χ0v) is 14.5. The molecule has 0 amide bonds. The molecule has 0 atom stereocenters. The monoisotopic (exact) mass is 325 g/mol. The highest BCUT2D eigenvalue weighted by Crippen LogP contribution is 2.23. The van der Waals surface area contributed by atoms with Gasteiger partial charge in [0.15, 0.2) is 5.78 Å². The third-order valence-electron chi connectivity index (χ3n) is 3.87. The SMILES string of the molecule is CSc1cc(C(=O)c2ccc3c(ccn3C)c2)cc(N(C)C)n1. The molecule has 0 N–H and O–H groups in total. The molecule has 0 bridgehead atoms. The molecule has 2 aromatic heterocycles. The van der Waals surface area contributed by atoms with Crippen LogP contribution in [-0.2, 0) is 7.05 Å². The van der Waals surface area contributed by atoms with Crippen LogP contribution in [0.3, 0.4) is 0 Å². The van der Waals surface area contributed by atoms with Gasteiger partial charge >= 0.3 is 0 Å². The molecule has 2 heterocycles. The lowest BCUT2D eigenvalue weighted by atomic mass is 10.0. The van der Waals surface area contributed by atoms with Gasteiger partial charge in [0, 0.05) is 49.4 Å². The predicted molar refractivity (Wildman–Crippen MR) is 96.7 cm³/mol. The molecule has 23 heavy (non-hydrogen) atoms. The minimum Gasteiger partial charge on any atom is -0.363 e. The average molecular weight is 325 g/mol. The number of hydrogen-bond acceptors (Lipinski definition) is 4. The van der Waals surface area contributed by atoms with E-state index in [-0.39, 0.29) is 5.78 Å². The number of fused-ring (bicyclic) bond motifs is 1. The van der Waals surface area contributed by atoms with Gasteiger partial charge in [-0.05, 0) is 42.7 Å². The first kappa shape index (κ1) is 15.6. The first-order chi connectivity index (χ1) is 11.0. The molecule has 118 valence electrons. The Hall–Kier alpha value is -2.27. The van der Waals surface area contributed by atoms with Crippen molar-refractivity contribution in [3.05, 3.63) is 53.7 Å². The first-order valence-electron chi connectivity index (χ1n) is 7.33. The second-order valence-corrected chi connectivity index (χ2v) is 6.51. The lowest BCUT2D eigenvalue weighted by Gasteiger charge is -2.14. The Morgan fingerprint density at radius 1 is 1.13 bits per heavy atom. The van der Waals surface area contributed by atoms with Crippen LogP contribution in [0.4, 0.5) is 5.82 Å². The number of aryl methyl sites for hydroxylation is 1. The van der Waals surface area contributed by atoms with E-state index in [4.69, 9.17) is 0 Å². The lowest BCUT2D eigenvalue weighted by Crippen LogP contribution is -2.12. The van der Waals surface area contributed by atoms with E-state index in [1.165, 1.54) is 11.8 Å². The molecule has 0 aliphatic heterocycles. The number of pyridine rings is 1. The largest absolute Gasteiger partial charge is 0.363 e. The predicted octanol–water partition coefficient (Wildman–Crippen LogP) is 3.59. The van der Waals surface area contributed by atoms with Crippen LogP contribution < -0.4 is 4.90 Å². The van der Waals surface area contributed by atoms with E-state index in [1.807, 2.05) is 79.5 Å². The van der Waals surface area contributed by atoms with Crippen molar-refractivity contribution in [1.29, 1.82) is 0 Å². The van der Waals surface area contributed by atoms with Crippen LogP contribution in [0.25, 0.3) is 10.9 Å². The maximum Gasteiger partial charge on any atom is 0.193 e. The van der Waals surface area contributed by atoms with Crippen molar-refractivity contribution in [2.24, 2.45) is 7.05 Å². The maximum atomic E-state index is 12.9. The Labute approximate surface area is 140 Å². The number of anilines is 1. The highest BCUT2D eigenvalue weighted by atomic mass is 32.2. The van der Waals surface area contributed by atoms with E-state index in [0.717, 1.165) is 21.7 Å². The van der Waals surface area contributed by atoms with Gasteiger partial charge in [0.25, 0.3) is 0 Å². The number of carbonyl (C=O) groups is 1. The second-order valence-electron chi connectivity index (χ2n) is 5.68. The number of benzene rings is 1. The third-order valence-corrected chi connectivity index (χ3v) is 4.49. The van der Waals surface area contributed by atoms with E-state index in [0.29, 0.717) is 11.1 Å². The zero-order valence-electron chi connectivity index (χ0n) is 13.7. The second kappa shape index (κ2) is 6.08. The smallest absolute Gasteiger partial charge is 0.193 e. The van der Waals surface area contributed by atoms with E-state index < -0.39 is 0 Å². The summed E-state index contributed by atoms with van der Waals surface area (Å²) in [5.41, 5.74) is 2.49. The topological polar surface area (TPSA) is 38.1 Å². The molecule has 3 rings (SSSR count). The van der Waals surface area contributed by atoms with Crippen molar-refractivity contribution >= 4 is 34.3 Å². The average Bonchev–Trinajstić information content (AvgIpc) is 2.94.